The number of hydrogen-bond acceptors (Lipinski definition) is 22. The van der Waals surface area contributed by atoms with Crippen LogP contribution in [0.1, 0.15) is 96.9 Å². The smallest absolute Gasteiger partial charge is 0.382 e. The van der Waals surface area contributed by atoms with Gasteiger partial charge in [-0.1, -0.05) is 53.2 Å². The van der Waals surface area contributed by atoms with Gasteiger partial charge in [0.15, 0.2) is 9.84 Å². The van der Waals surface area contributed by atoms with Crippen molar-refractivity contribution in [3.8, 4) is 22.4 Å². The Balaban J connectivity index is 0.571. The third kappa shape index (κ3) is 20.2. The molecule has 112 heavy (non-hydrogen) atoms. The molecule has 4 aliphatic rings. The summed E-state index contributed by atoms with van der Waals surface area (Å²) >= 11 is 8.76. The number of nitrogens with zero attached hydrogens (tertiary/aromatic N) is 8. The number of likely N-dealkylation sites (tertiary alicyclic amines) is 1. The molecule has 6 heterocycles. The van der Waals surface area contributed by atoms with Crippen LogP contribution in [-0.2, 0) is 61.4 Å². The second-order valence-corrected chi connectivity index (χ2v) is 34.5. The number of alkyl halides is 3. The number of rotatable bonds is 36. The molecule has 3 saturated heterocycles. The highest BCUT2D eigenvalue weighted by Crippen LogP contribution is 2.46. The molecule has 12 rings (SSSR count). The first-order valence-electron chi connectivity index (χ1n) is 37.1. The second-order valence-electron chi connectivity index (χ2n) is 28.2. The average molecular weight is 1640 g/mol. The van der Waals surface area contributed by atoms with Crippen molar-refractivity contribution < 1.29 is 72.6 Å². The summed E-state index contributed by atoms with van der Waals surface area (Å²) < 4.78 is 138. The van der Waals surface area contributed by atoms with E-state index < -0.39 is 71.6 Å². The van der Waals surface area contributed by atoms with E-state index in [0.29, 0.717) is 173 Å². The van der Waals surface area contributed by atoms with E-state index in [1.165, 1.54) is 42.3 Å². The number of sulfone groups is 2. The summed E-state index contributed by atoms with van der Waals surface area (Å²) in [6.45, 7) is 12.2. The maximum absolute atomic E-state index is 15.9. The number of carbonyl (C=O) groups excluding carboxylic acids is 5. The van der Waals surface area contributed by atoms with Crippen LogP contribution in [0.5, 0.6) is 0 Å². The van der Waals surface area contributed by atoms with Crippen molar-refractivity contribution in [2.24, 2.45) is 5.92 Å². The maximum Gasteiger partial charge on any atom is 0.501 e. The predicted molar refractivity (Wildman–Crippen MR) is 424 cm³/mol. The van der Waals surface area contributed by atoms with Crippen LogP contribution >= 0.6 is 35.3 Å². The highest BCUT2D eigenvalue weighted by Gasteiger charge is 2.49. The molecule has 0 bridgehead atoms. The van der Waals surface area contributed by atoms with Crippen LogP contribution in [0.4, 0.5) is 46.0 Å². The van der Waals surface area contributed by atoms with E-state index >= 15 is 4.39 Å². The third-order valence-electron chi connectivity index (χ3n) is 20.1. The zero-order chi connectivity index (χ0) is 79.4. The molecular weight excluding hydrogens is 1550 g/mol. The first-order chi connectivity index (χ1) is 53.7. The van der Waals surface area contributed by atoms with Gasteiger partial charge in [0.1, 0.15) is 28.2 Å². The van der Waals surface area contributed by atoms with E-state index in [4.69, 9.17) is 25.8 Å². The van der Waals surface area contributed by atoms with Crippen molar-refractivity contribution in [1.29, 1.82) is 0 Å². The van der Waals surface area contributed by atoms with Crippen molar-refractivity contribution in [1.82, 2.24) is 34.7 Å². The molecule has 0 saturated carbocycles. The fourth-order valence-corrected chi connectivity index (χ4v) is 18.6. The molecule has 4 amide bonds. The number of anilines is 5. The number of nitrogens with one attached hydrogen (secondary N) is 4. The molecule has 0 aliphatic carbocycles. The molecule has 8 aromatic rings. The fourth-order valence-electron chi connectivity index (χ4n) is 14.6. The molecule has 596 valence electrons. The van der Waals surface area contributed by atoms with Gasteiger partial charge in [0.25, 0.3) is 21.7 Å². The Kier molecular flexibility index (Phi) is 27.3. The lowest BCUT2D eigenvalue weighted by molar-refractivity contribution is -0.136. The number of piperazine rings is 1. The van der Waals surface area contributed by atoms with Crippen LogP contribution in [-0.4, -0.2) is 191 Å². The monoisotopic (exact) mass is 1640 g/mol. The average Bonchev–Trinajstić information content (AvgIpc) is 1.59. The first kappa shape index (κ1) is 82.6. The Morgan fingerprint density at radius 2 is 1.43 bits per heavy atom. The van der Waals surface area contributed by atoms with Gasteiger partial charge in [0, 0.05) is 137 Å². The number of ketones is 1. The highest BCUT2D eigenvalue weighted by atomic mass is 35.5. The lowest BCUT2D eigenvalue weighted by Gasteiger charge is -2.37. The number of ether oxygens (including phenoxy) is 3. The number of benzene rings is 6. The lowest BCUT2D eigenvalue weighted by Crippen LogP contribution is -2.54. The molecule has 2 aromatic heterocycles. The molecule has 2 atom stereocenters. The Bertz CT molecular complexity index is 4930. The van der Waals surface area contributed by atoms with Crippen LogP contribution < -0.4 is 30.5 Å². The third-order valence-corrected chi connectivity index (χ3v) is 25.1. The molecule has 33 heteroatoms. The minimum atomic E-state index is -5.85. The van der Waals surface area contributed by atoms with Gasteiger partial charge in [0.05, 0.1) is 73.2 Å². The molecular formula is C79H89ClF4N12O12S4. The SMILES string of the molecule is Cc1c(S(C)(=O)=O)c(-c2cc(F)cc(N3CCN(c4ccc(NSc5ccc(N[C@H](CCN6CCC(C(=O)CCCn7cc(COCCOCCOCCNc8cccc9c8C(=O)N(C8CCC(=O)NC8=O)C9=O)nn7)CC6)CSc6ccccc6)c(S(=O)(=O)C(F)(F)F)c5)cc4)CC3)c2)c(-c2ccc(Cl)cc2)n1C(C)C. The van der Waals surface area contributed by atoms with Gasteiger partial charge in [-0.05, 0) is 186 Å². The summed E-state index contributed by atoms with van der Waals surface area (Å²) in [5, 5.41) is 17.5. The Labute approximate surface area is 662 Å². The van der Waals surface area contributed by atoms with E-state index in [9.17, 15) is 54.0 Å². The molecule has 0 spiro atoms. The van der Waals surface area contributed by atoms with E-state index in [1.807, 2.05) is 91.2 Å². The highest BCUT2D eigenvalue weighted by molar-refractivity contribution is 8.00. The summed E-state index contributed by atoms with van der Waals surface area (Å²) in [5.41, 5.74) is 0.513. The normalized spacial score (nSPS) is 16.3. The molecule has 6 aromatic carbocycles. The van der Waals surface area contributed by atoms with Crippen molar-refractivity contribution in [3.05, 3.63) is 173 Å². The van der Waals surface area contributed by atoms with E-state index in [-0.39, 0.29) is 70.4 Å². The summed E-state index contributed by atoms with van der Waals surface area (Å²) in [6.07, 6.45) is 5.72. The summed E-state index contributed by atoms with van der Waals surface area (Å²) in [6, 6.07) is 36.0. The van der Waals surface area contributed by atoms with Crippen molar-refractivity contribution in [2.45, 2.75) is 122 Å². The zero-order valence-corrected chi connectivity index (χ0v) is 66.4. The number of piperidine rings is 2. The number of hydrogen-bond donors (Lipinski definition) is 4. The largest absolute Gasteiger partial charge is 0.501 e. The number of amides is 4. The molecule has 0 radical (unpaired) electrons. The number of carbonyl (C=O) groups is 5. The van der Waals surface area contributed by atoms with Gasteiger partial charge in [0.2, 0.25) is 11.8 Å². The van der Waals surface area contributed by atoms with Crippen LogP contribution in [0, 0.1) is 18.7 Å². The molecule has 4 aliphatic heterocycles. The van der Waals surface area contributed by atoms with E-state index in [0.717, 1.165) is 39.1 Å². The topological polar surface area (TPSA) is 278 Å². The Morgan fingerprint density at radius 1 is 0.732 bits per heavy atom. The van der Waals surface area contributed by atoms with Gasteiger partial charge >= 0.3 is 5.51 Å². The Morgan fingerprint density at radius 3 is 2.12 bits per heavy atom. The number of Topliss-reactive ketones (excluding diaryl/α,β-unsaturated/α-hetero) is 1. The molecule has 1 unspecified atom stereocenters. The van der Waals surface area contributed by atoms with Gasteiger partial charge in [-0.2, -0.15) is 13.2 Å². The van der Waals surface area contributed by atoms with E-state index in [2.05, 4.69) is 45.7 Å². The summed E-state index contributed by atoms with van der Waals surface area (Å²) in [7, 11) is -9.65. The van der Waals surface area contributed by atoms with Crippen LogP contribution in [0.25, 0.3) is 22.4 Å². The van der Waals surface area contributed by atoms with Crippen molar-refractivity contribution in [2.75, 3.05) is 123 Å². The number of thioether (sulfide) groups is 1. The van der Waals surface area contributed by atoms with Crippen LogP contribution in [0.15, 0.2) is 159 Å². The summed E-state index contributed by atoms with van der Waals surface area (Å²) in [4.78, 5) is 71.9. The number of aryl methyl sites for hydroxylation is 1. The maximum atomic E-state index is 15.9. The quantitative estimate of drug-likeness (QED) is 0.00933. The molecule has 4 N–H and O–H groups in total. The minimum absolute atomic E-state index is 0.0298. The Hall–Kier alpha value is -8.86. The van der Waals surface area contributed by atoms with Gasteiger partial charge < -0.3 is 48.8 Å². The zero-order valence-electron chi connectivity index (χ0n) is 62.4. The fraction of sp³-hybridized carbons (Fsp3) is 0.405. The number of fused-ring (bicyclic) bond motifs is 1. The molecule has 24 nitrogen and oxygen atoms in total. The standard InChI is InChI=1S/C79H89ClF4N12O12S4/c1-51(2)95-52(3)75(111(4,102)103)72(74(95)54-15-17-56(80)18-16-54)55-44-57(81)46-62(45-55)93-37-35-92(36-38-93)61-21-19-58(20-22-61)89-110-64-23-24-66(70(47-64)112(104,105)79(82,83)84)86-59(50-109-63-10-6-5-7-11-63)29-34-91-32-27-53(28-33-91)69(97)14-9-31-94-48-60(88-90-94)49-108-43-42-107-41-40-106-39-30-85-67-13-8-12-65-73(67)78(101)96(77(65)100)68-25-26-71(98)87-76(68)99/h5-8,10-13,15-24,44-48,51,53,59,68,85-86,89H,9,14,25-43,49-50H2,1-4H3,(H,87,98,99)/t59-,68?/m1/s1. The van der Waals surface area contributed by atoms with Crippen LogP contribution in [0.2, 0.25) is 5.02 Å². The lowest BCUT2D eigenvalue weighted by atomic mass is 9.90. The number of halogens is 5. The first-order valence-corrected chi connectivity index (χ1v) is 42.6. The predicted octanol–water partition coefficient (Wildman–Crippen LogP) is 13.0. The van der Waals surface area contributed by atoms with Gasteiger partial charge in [-0.3, -0.25) is 38.9 Å². The number of imide groups is 2. The van der Waals surface area contributed by atoms with Gasteiger partial charge in [-0.15, -0.1) is 16.9 Å². The van der Waals surface area contributed by atoms with Gasteiger partial charge in [-0.25, -0.2) is 21.2 Å². The summed E-state index contributed by atoms with van der Waals surface area (Å²) in [5.74, 6) is -2.37. The number of aromatic nitrogens is 4. The van der Waals surface area contributed by atoms with E-state index in [1.54, 1.807) is 48.1 Å². The second kappa shape index (κ2) is 37.0. The van der Waals surface area contributed by atoms with Crippen molar-refractivity contribution in [3.63, 3.8) is 0 Å². The van der Waals surface area contributed by atoms with Crippen LogP contribution in [0.3, 0.4) is 0 Å². The molecule has 3 fully saturated rings. The minimum Gasteiger partial charge on any atom is -0.382 e. The van der Waals surface area contributed by atoms with Crippen molar-refractivity contribution >= 4 is 113 Å².